The molecule has 0 aromatic carbocycles. The van der Waals surface area contributed by atoms with Crippen LogP contribution in [-0.2, 0) is 4.74 Å². The van der Waals surface area contributed by atoms with Crippen molar-refractivity contribution in [1.82, 2.24) is 20.0 Å². The second-order valence-electron chi connectivity index (χ2n) is 4.53. The number of nitrogens with zero attached hydrogens (tertiary/aromatic N) is 4. The van der Waals surface area contributed by atoms with Crippen molar-refractivity contribution in [3.05, 3.63) is 22.8 Å². The summed E-state index contributed by atoms with van der Waals surface area (Å²) in [6.45, 7) is 3.83. The van der Waals surface area contributed by atoms with Crippen molar-refractivity contribution in [2.24, 2.45) is 0 Å². The highest BCUT2D eigenvalue weighted by atomic mass is 35.5. The smallest absolute Gasteiger partial charge is 0.345 e. The van der Waals surface area contributed by atoms with Gasteiger partial charge in [-0.25, -0.2) is 4.79 Å². The molecular formula is C12H15ClN6O2. The van der Waals surface area contributed by atoms with E-state index >= 15 is 0 Å². The standard InChI is InChI=1S/C12H15ClN6O2/c1-6(2)15-11-9(12(20)21-3)10(14)19(18-11)8-5-4-7(13)16-17-8/h4-6H,14H2,1-3H3,(H,15,18). The van der Waals surface area contributed by atoms with Crippen LogP contribution in [0.2, 0.25) is 5.15 Å². The fraction of sp³-hybridized carbons (Fsp3) is 0.333. The van der Waals surface area contributed by atoms with Gasteiger partial charge in [0.1, 0.15) is 11.4 Å². The number of methoxy groups -OCH3 is 1. The Labute approximate surface area is 126 Å². The number of rotatable bonds is 4. The molecule has 2 heterocycles. The third-order valence-electron chi connectivity index (χ3n) is 2.57. The molecule has 2 aromatic heterocycles. The van der Waals surface area contributed by atoms with Crippen LogP contribution in [0.25, 0.3) is 5.82 Å². The van der Waals surface area contributed by atoms with Gasteiger partial charge in [0.2, 0.25) is 0 Å². The Morgan fingerprint density at radius 1 is 1.43 bits per heavy atom. The van der Waals surface area contributed by atoms with E-state index in [0.717, 1.165) is 0 Å². The van der Waals surface area contributed by atoms with Crippen LogP contribution in [0.1, 0.15) is 24.2 Å². The van der Waals surface area contributed by atoms with E-state index in [2.05, 4.69) is 20.6 Å². The van der Waals surface area contributed by atoms with E-state index in [1.165, 1.54) is 11.8 Å². The maximum atomic E-state index is 11.9. The molecule has 9 heteroatoms. The maximum Gasteiger partial charge on any atom is 0.345 e. The molecule has 0 fully saturated rings. The minimum atomic E-state index is -0.580. The lowest BCUT2D eigenvalue weighted by Gasteiger charge is -2.07. The van der Waals surface area contributed by atoms with Gasteiger partial charge in [0.05, 0.1) is 7.11 Å². The summed E-state index contributed by atoms with van der Waals surface area (Å²) in [6, 6.07) is 3.21. The number of ether oxygens (including phenoxy) is 1. The predicted octanol–water partition coefficient (Wildman–Crippen LogP) is 1.50. The first-order valence-corrected chi connectivity index (χ1v) is 6.54. The number of hydrogen-bond donors (Lipinski definition) is 2. The summed E-state index contributed by atoms with van der Waals surface area (Å²) in [7, 11) is 1.28. The first-order chi connectivity index (χ1) is 9.93. The molecule has 0 saturated heterocycles. The number of nitrogen functional groups attached to an aromatic ring is 1. The molecule has 0 aliphatic rings. The van der Waals surface area contributed by atoms with E-state index < -0.39 is 5.97 Å². The number of anilines is 2. The molecule has 0 atom stereocenters. The summed E-state index contributed by atoms with van der Waals surface area (Å²) < 4.78 is 6.04. The second kappa shape index (κ2) is 5.96. The Morgan fingerprint density at radius 3 is 2.67 bits per heavy atom. The zero-order valence-corrected chi connectivity index (χ0v) is 12.5. The van der Waals surface area contributed by atoms with Crippen LogP contribution in [0, 0.1) is 0 Å². The lowest BCUT2D eigenvalue weighted by molar-refractivity contribution is 0.0603. The van der Waals surface area contributed by atoms with Crippen molar-refractivity contribution in [1.29, 1.82) is 0 Å². The van der Waals surface area contributed by atoms with Gasteiger partial charge < -0.3 is 15.8 Å². The van der Waals surface area contributed by atoms with Crippen molar-refractivity contribution in [3.8, 4) is 5.82 Å². The first-order valence-electron chi connectivity index (χ1n) is 6.17. The molecule has 3 N–H and O–H groups in total. The number of hydrogen-bond acceptors (Lipinski definition) is 7. The van der Waals surface area contributed by atoms with E-state index in [1.807, 2.05) is 13.8 Å². The maximum absolute atomic E-state index is 11.9. The molecule has 0 aliphatic carbocycles. The van der Waals surface area contributed by atoms with E-state index in [4.69, 9.17) is 22.1 Å². The largest absolute Gasteiger partial charge is 0.465 e. The number of carbonyl (C=O) groups excluding carboxylic acids is 1. The van der Waals surface area contributed by atoms with E-state index in [-0.39, 0.29) is 22.6 Å². The fourth-order valence-electron chi connectivity index (χ4n) is 1.71. The third kappa shape index (κ3) is 3.05. The van der Waals surface area contributed by atoms with Gasteiger partial charge in [-0.2, -0.15) is 4.68 Å². The molecule has 2 rings (SSSR count). The van der Waals surface area contributed by atoms with Crippen LogP contribution in [-0.4, -0.2) is 39.1 Å². The molecule has 2 aromatic rings. The minimum absolute atomic E-state index is 0.0625. The van der Waals surface area contributed by atoms with Crippen LogP contribution < -0.4 is 11.1 Å². The Hall–Kier alpha value is -2.35. The van der Waals surface area contributed by atoms with E-state index in [1.54, 1.807) is 12.1 Å². The molecule has 0 saturated carbocycles. The third-order valence-corrected chi connectivity index (χ3v) is 2.77. The number of esters is 1. The fourth-order valence-corrected chi connectivity index (χ4v) is 1.81. The number of nitrogens with one attached hydrogen (secondary N) is 1. The predicted molar refractivity (Wildman–Crippen MR) is 78.7 cm³/mol. The number of aromatic nitrogens is 4. The summed E-state index contributed by atoms with van der Waals surface area (Å²) in [5, 5.41) is 15.2. The SMILES string of the molecule is COC(=O)c1c(NC(C)C)nn(-c2ccc(Cl)nn2)c1N. The Kier molecular flexibility index (Phi) is 4.27. The molecule has 8 nitrogen and oxygen atoms in total. The summed E-state index contributed by atoms with van der Waals surface area (Å²) in [5.41, 5.74) is 6.14. The highest BCUT2D eigenvalue weighted by Gasteiger charge is 2.24. The molecule has 112 valence electrons. The van der Waals surface area contributed by atoms with Gasteiger partial charge in [-0.1, -0.05) is 11.6 Å². The van der Waals surface area contributed by atoms with Gasteiger partial charge in [-0.15, -0.1) is 15.3 Å². The Morgan fingerprint density at radius 2 is 2.14 bits per heavy atom. The Balaban J connectivity index is 2.55. The quantitative estimate of drug-likeness (QED) is 0.824. The summed E-state index contributed by atoms with van der Waals surface area (Å²) in [6.07, 6.45) is 0. The molecular weight excluding hydrogens is 296 g/mol. The van der Waals surface area contributed by atoms with E-state index in [9.17, 15) is 4.79 Å². The molecule has 0 bridgehead atoms. The molecule has 0 unspecified atom stereocenters. The number of halogens is 1. The van der Waals surface area contributed by atoms with Crippen molar-refractivity contribution >= 4 is 29.2 Å². The minimum Gasteiger partial charge on any atom is -0.465 e. The lowest BCUT2D eigenvalue weighted by Crippen LogP contribution is -2.14. The van der Waals surface area contributed by atoms with Gasteiger partial charge >= 0.3 is 5.97 Å². The van der Waals surface area contributed by atoms with Crippen LogP contribution in [0.4, 0.5) is 11.6 Å². The first kappa shape index (κ1) is 15.0. The average molecular weight is 311 g/mol. The number of carbonyl (C=O) groups is 1. The van der Waals surface area contributed by atoms with Gasteiger partial charge in [0, 0.05) is 6.04 Å². The van der Waals surface area contributed by atoms with Crippen molar-refractivity contribution in [2.45, 2.75) is 19.9 Å². The topological polar surface area (TPSA) is 108 Å². The van der Waals surface area contributed by atoms with Gasteiger partial charge in [0.15, 0.2) is 16.8 Å². The molecule has 0 amide bonds. The van der Waals surface area contributed by atoms with Crippen LogP contribution in [0.15, 0.2) is 12.1 Å². The number of nitrogens with two attached hydrogens (primary N) is 1. The van der Waals surface area contributed by atoms with Crippen molar-refractivity contribution in [3.63, 3.8) is 0 Å². The van der Waals surface area contributed by atoms with Gasteiger partial charge in [-0.05, 0) is 26.0 Å². The summed E-state index contributed by atoms with van der Waals surface area (Å²) >= 11 is 5.70. The van der Waals surface area contributed by atoms with Crippen LogP contribution in [0.5, 0.6) is 0 Å². The zero-order valence-electron chi connectivity index (χ0n) is 11.8. The van der Waals surface area contributed by atoms with Crippen LogP contribution in [0.3, 0.4) is 0 Å². The summed E-state index contributed by atoms with van der Waals surface area (Å²) in [4.78, 5) is 11.9. The highest BCUT2D eigenvalue weighted by molar-refractivity contribution is 6.29. The van der Waals surface area contributed by atoms with Gasteiger partial charge in [0.25, 0.3) is 0 Å². The van der Waals surface area contributed by atoms with Gasteiger partial charge in [-0.3, -0.25) is 0 Å². The monoisotopic (exact) mass is 310 g/mol. The molecule has 21 heavy (non-hydrogen) atoms. The molecule has 0 spiro atoms. The lowest BCUT2D eigenvalue weighted by atomic mass is 10.3. The summed E-state index contributed by atoms with van der Waals surface area (Å²) in [5.74, 6) is 0.204. The van der Waals surface area contributed by atoms with Crippen molar-refractivity contribution < 1.29 is 9.53 Å². The highest BCUT2D eigenvalue weighted by Crippen LogP contribution is 2.25. The molecule has 0 radical (unpaired) electrons. The molecule has 0 aliphatic heterocycles. The van der Waals surface area contributed by atoms with Crippen molar-refractivity contribution in [2.75, 3.05) is 18.2 Å². The zero-order chi connectivity index (χ0) is 15.6. The van der Waals surface area contributed by atoms with Crippen LogP contribution >= 0.6 is 11.6 Å². The van der Waals surface area contributed by atoms with E-state index in [0.29, 0.717) is 11.6 Å². The second-order valence-corrected chi connectivity index (χ2v) is 4.91. The average Bonchev–Trinajstić information content (AvgIpc) is 2.75. The normalized spacial score (nSPS) is 10.7. The Bertz CT molecular complexity index is 653.